The van der Waals surface area contributed by atoms with Crippen LogP contribution in [0.2, 0.25) is 5.02 Å². The molecule has 0 bridgehead atoms. The number of aromatic nitrogens is 1. The van der Waals surface area contributed by atoms with Gasteiger partial charge in [-0.3, -0.25) is 4.79 Å². The normalized spacial score (nSPS) is 16.2. The van der Waals surface area contributed by atoms with Crippen LogP contribution in [0.4, 0.5) is 5.69 Å². The van der Waals surface area contributed by atoms with Gasteiger partial charge in [0.25, 0.3) is 0 Å². The highest BCUT2D eigenvalue weighted by Gasteiger charge is 2.19. The minimum Gasteiger partial charge on any atom is -0.353 e. The van der Waals surface area contributed by atoms with E-state index in [-0.39, 0.29) is 5.91 Å². The maximum absolute atomic E-state index is 11.4. The van der Waals surface area contributed by atoms with Crippen LogP contribution in [-0.4, -0.2) is 21.8 Å². The van der Waals surface area contributed by atoms with Crippen LogP contribution in [-0.2, 0) is 4.79 Å². The van der Waals surface area contributed by atoms with Gasteiger partial charge in [-0.2, -0.15) is 0 Å². The summed E-state index contributed by atoms with van der Waals surface area (Å²) in [5.41, 5.74) is 3.70. The van der Waals surface area contributed by atoms with Gasteiger partial charge in [0.15, 0.2) is 5.17 Å². The van der Waals surface area contributed by atoms with E-state index >= 15 is 0 Å². The van der Waals surface area contributed by atoms with Gasteiger partial charge in [-0.05, 0) is 18.2 Å². The second-order valence-corrected chi connectivity index (χ2v) is 6.56. The molecular formula is C17H12ClN3OS. The van der Waals surface area contributed by atoms with Crippen LogP contribution < -0.4 is 5.32 Å². The zero-order valence-corrected chi connectivity index (χ0v) is 13.5. The molecule has 2 heterocycles. The van der Waals surface area contributed by atoms with E-state index in [1.165, 1.54) is 11.8 Å². The molecule has 4 nitrogen and oxygen atoms in total. The molecule has 0 spiro atoms. The summed E-state index contributed by atoms with van der Waals surface area (Å²) in [4.78, 5) is 19.5. The Bertz CT molecular complexity index is 934. The van der Waals surface area contributed by atoms with Gasteiger partial charge in [0.2, 0.25) is 5.91 Å². The van der Waals surface area contributed by atoms with Crippen LogP contribution >= 0.6 is 23.4 Å². The van der Waals surface area contributed by atoms with E-state index < -0.39 is 0 Å². The number of rotatable bonds is 2. The van der Waals surface area contributed by atoms with E-state index in [2.05, 4.69) is 15.3 Å². The van der Waals surface area contributed by atoms with Gasteiger partial charge in [-0.25, -0.2) is 4.99 Å². The van der Waals surface area contributed by atoms with Crippen molar-refractivity contribution in [3.8, 4) is 11.3 Å². The maximum atomic E-state index is 11.4. The number of aromatic amines is 1. The highest BCUT2D eigenvalue weighted by Crippen LogP contribution is 2.39. The number of carbonyl (C=O) groups excluding carboxylic acids is 1. The largest absolute Gasteiger partial charge is 0.353 e. The summed E-state index contributed by atoms with van der Waals surface area (Å²) in [5, 5.41) is 4.99. The standard InChI is InChI=1S/C17H12ClN3OS/c18-11-6-7-13-12(8-11)16(21-17-20-14(22)9-23-17)15(19-13)10-4-2-1-3-5-10/h1-8,19H,9H2,(H,20,21,22). The van der Waals surface area contributed by atoms with Crippen LogP contribution in [0.3, 0.4) is 0 Å². The van der Waals surface area contributed by atoms with Crippen LogP contribution in [0.15, 0.2) is 53.5 Å². The summed E-state index contributed by atoms with van der Waals surface area (Å²) >= 11 is 7.56. The first-order chi connectivity index (χ1) is 11.2. The molecule has 0 unspecified atom stereocenters. The van der Waals surface area contributed by atoms with E-state index in [0.29, 0.717) is 15.9 Å². The number of hydrogen-bond acceptors (Lipinski definition) is 3. The van der Waals surface area contributed by atoms with E-state index in [4.69, 9.17) is 11.6 Å². The van der Waals surface area contributed by atoms with Crippen LogP contribution in [0.5, 0.6) is 0 Å². The smallest absolute Gasteiger partial charge is 0.236 e. The number of nitrogens with one attached hydrogen (secondary N) is 2. The zero-order valence-electron chi connectivity index (χ0n) is 12.0. The van der Waals surface area contributed by atoms with E-state index in [9.17, 15) is 4.79 Å². The second kappa shape index (κ2) is 5.76. The number of benzene rings is 2. The van der Waals surface area contributed by atoms with Crippen LogP contribution in [0.1, 0.15) is 0 Å². The predicted molar refractivity (Wildman–Crippen MR) is 96.4 cm³/mol. The minimum atomic E-state index is -0.0205. The quantitative estimate of drug-likeness (QED) is 0.728. The van der Waals surface area contributed by atoms with Gasteiger partial charge in [-0.15, -0.1) is 0 Å². The predicted octanol–water partition coefficient (Wildman–Crippen LogP) is 4.34. The van der Waals surface area contributed by atoms with Crippen molar-refractivity contribution in [1.29, 1.82) is 0 Å². The first-order valence-corrected chi connectivity index (χ1v) is 8.45. The summed E-state index contributed by atoms with van der Waals surface area (Å²) in [6.45, 7) is 0. The number of nitrogens with zero attached hydrogens (tertiary/aromatic N) is 1. The lowest BCUT2D eigenvalue weighted by Crippen LogP contribution is -2.19. The Morgan fingerprint density at radius 2 is 1.96 bits per heavy atom. The van der Waals surface area contributed by atoms with Crippen LogP contribution in [0, 0.1) is 0 Å². The molecule has 3 aromatic rings. The molecule has 1 fully saturated rings. The van der Waals surface area contributed by atoms with E-state index in [1.807, 2.05) is 48.5 Å². The summed E-state index contributed by atoms with van der Waals surface area (Å²) in [5.74, 6) is 0.385. The molecule has 4 rings (SSSR count). The number of amidine groups is 1. The fraction of sp³-hybridized carbons (Fsp3) is 0.0588. The van der Waals surface area contributed by atoms with E-state index in [1.54, 1.807) is 0 Å². The van der Waals surface area contributed by atoms with Crippen LogP contribution in [0.25, 0.3) is 22.2 Å². The lowest BCUT2D eigenvalue weighted by atomic mass is 10.1. The molecule has 1 aromatic heterocycles. The lowest BCUT2D eigenvalue weighted by molar-refractivity contribution is -0.116. The molecule has 1 aliphatic rings. The van der Waals surface area contributed by atoms with Crippen molar-refractivity contribution in [2.45, 2.75) is 0 Å². The third-order valence-corrected chi connectivity index (χ3v) is 4.70. The first kappa shape index (κ1) is 14.4. The minimum absolute atomic E-state index is 0.0205. The third-order valence-electron chi connectivity index (χ3n) is 3.60. The molecule has 6 heteroatoms. The lowest BCUT2D eigenvalue weighted by Gasteiger charge is -2.02. The molecule has 1 saturated heterocycles. The second-order valence-electron chi connectivity index (χ2n) is 5.16. The fourth-order valence-corrected chi connectivity index (χ4v) is 3.42. The summed E-state index contributed by atoms with van der Waals surface area (Å²) in [6.07, 6.45) is 0. The Labute approximate surface area is 142 Å². The molecule has 23 heavy (non-hydrogen) atoms. The first-order valence-electron chi connectivity index (χ1n) is 7.09. The van der Waals surface area contributed by atoms with Gasteiger partial charge >= 0.3 is 0 Å². The number of carbonyl (C=O) groups is 1. The number of fused-ring (bicyclic) bond motifs is 1. The Morgan fingerprint density at radius 3 is 2.70 bits per heavy atom. The molecule has 1 amide bonds. The number of H-pyrrole nitrogens is 1. The van der Waals surface area contributed by atoms with Gasteiger partial charge in [0, 0.05) is 21.5 Å². The molecule has 0 aliphatic carbocycles. The number of aliphatic imine (C=N–C) groups is 1. The molecular weight excluding hydrogens is 330 g/mol. The fourth-order valence-electron chi connectivity index (χ4n) is 2.57. The average Bonchev–Trinajstić information content (AvgIpc) is 3.13. The van der Waals surface area contributed by atoms with Crippen molar-refractivity contribution >= 4 is 51.0 Å². The highest BCUT2D eigenvalue weighted by molar-refractivity contribution is 8.15. The Balaban J connectivity index is 1.95. The van der Waals surface area contributed by atoms with Crippen molar-refractivity contribution in [2.24, 2.45) is 4.99 Å². The zero-order chi connectivity index (χ0) is 15.8. The Morgan fingerprint density at radius 1 is 1.13 bits per heavy atom. The number of amides is 1. The SMILES string of the molecule is O=C1CSC(=Nc2c(-c3ccccc3)[nH]c3ccc(Cl)cc23)N1. The van der Waals surface area contributed by atoms with Gasteiger partial charge in [-0.1, -0.05) is 53.7 Å². The van der Waals surface area contributed by atoms with Crippen molar-refractivity contribution in [3.05, 3.63) is 53.6 Å². The Kier molecular flexibility index (Phi) is 3.59. The van der Waals surface area contributed by atoms with Crippen molar-refractivity contribution < 1.29 is 4.79 Å². The maximum Gasteiger partial charge on any atom is 0.236 e. The molecule has 0 saturated carbocycles. The number of halogens is 1. The molecule has 114 valence electrons. The number of thioether (sulfide) groups is 1. The molecule has 0 radical (unpaired) electrons. The Hall–Kier alpha value is -2.24. The topological polar surface area (TPSA) is 57.2 Å². The van der Waals surface area contributed by atoms with Crippen molar-refractivity contribution in [3.63, 3.8) is 0 Å². The average molecular weight is 342 g/mol. The van der Waals surface area contributed by atoms with Crippen molar-refractivity contribution in [2.75, 3.05) is 5.75 Å². The molecule has 0 atom stereocenters. The van der Waals surface area contributed by atoms with Gasteiger partial charge in [0.1, 0.15) is 0 Å². The molecule has 2 N–H and O–H groups in total. The third kappa shape index (κ3) is 2.73. The van der Waals surface area contributed by atoms with Gasteiger partial charge in [0.05, 0.1) is 17.1 Å². The molecule has 2 aromatic carbocycles. The number of hydrogen-bond donors (Lipinski definition) is 2. The monoisotopic (exact) mass is 341 g/mol. The summed E-state index contributed by atoms with van der Waals surface area (Å²) in [7, 11) is 0. The summed E-state index contributed by atoms with van der Waals surface area (Å²) in [6, 6.07) is 15.7. The highest BCUT2D eigenvalue weighted by atomic mass is 35.5. The summed E-state index contributed by atoms with van der Waals surface area (Å²) < 4.78 is 0. The van der Waals surface area contributed by atoms with Crippen molar-refractivity contribution in [1.82, 2.24) is 10.3 Å². The molecule has 1 aliphatic heterocycles. The van der Waals surface area contributed by atoms with E-state index in [0.717, 1.165) is 27.8 Å². The van der Waals surface area contributed by atoms with Gasteiger partial charge < -0.3 is 10.3 Å².